The lowest BCUT2D eigenvalue weighted by Gasteiger charge is -2.09. The minimum atomic E-state index is -0.995. The number of nitrogens with one attached hydrogen (secondary N) is 2. The largest absolute Gasteiger partial charge is 0.497 e. The van der Waals surface area contributed by atoms with Crippen LogP contribution in [-0.4, -0.2) is 23.0 Å². The molecule has 0 saturated heterocycles. The van der Waals surface area contributed by atoms with E-state index in [1.807, 2.05) is 0 Å². The minimum Gasteiger partial charge on any atom is -0.497 e. The molecule has 27 heavy (non-hydrogen) atoms. The van der Waals surface area contributed by atoms with E-state index < -0.39 is 17.5 Å². The second kappa shape index (κ2) is 7.77. The molecule has 1 amide bonds. The summed E-state index contributed by atoms with van der Waals surface area (Å²) < 4.78 is 31.4. The average molecular weight is 370 g/mol. The lowest BCUT2D eigenvalue weighted by atomic mass is 10.2. The molecular weight excluding hydrogens is 354 g/mol. The first-order chi connectivity index (χ1) is 12.9. The SMILES string of the molecule is COc1ccc(NC(=O)c2cc(C)nc(Nc3ccc(F)c(F)c3)n2)cc1. The number of ether oxygens (including phenoxy) is 1. The molecule has 0 spiro atoms. The van der Waals surface area contributed by atoms with Crippen molar-refractivity contribution in [2.75, 3.05) is 17.7 Å². The molecule has 0 saturated carbocycles. The third-order valence-corrected chi connectivity index (χ3v) is 3.61. The van der Waals surface area contributed by atoms with Crippen LogP contribution in [0.4, 0.5) is 26.1 Å². The summed E-state index contributed by atoms with van der Waals surface area (Å²) in [6, 6.07) is 11.7. The van der Waals surface area contributed by atoms with Crippen LogP contribution in [0, 0.1) is 18.6 Å². The first-order valence-corrected chi connectivity index (χ1v) is 7.98. The molecule has 1 heterocycles. The molecule has 6 nitrogen and oxygen atoms in total. The van der Waals surface area contributed by atoms with Gasteiger partial charge >= 0.3 is 0 Å². The van der Waals surface area contributed by atoms with E-state index in [0.717, 1.165) is 12.1 Å². The van der Waals surface area contributed by atoms with Gasteiger partial charge in [-0.2, -0.15) is 0 Å². The normalized spacial score (nSPS) is 10.4. The van der Waals surface area contributed by atoms with Crippen LogP contribution in [0.1, 0.15) is 16.2 Å². The summed E-state index contributed by atoms with van der Waals surface area (Å²) in [5, 5.41) is 5.48. The number of nitrogens with zero attached hydrogens (tertiary/aromatic N) is 2. The molecule has 0 atom stereocenters. The quantitative estimate of drug-likeness (QED) is 0.708. The zero-order valence-electron chi connectivity index (χ0n) is 14.6. The molecule has 0 unspecified atom stereocenters. The zero-order valence-corrected chi connectivity index (χ0v) is 14.6. The van der Waals surface area contributed by atoms with Crippen molar-refractivity contribution in [1.82, 2.24) is 9.97 Å². The van der Waals surface area contributed by atoms with E-state index in [9.17, 15) is 13.6 Å². The number of carbonyl (C=O) groups excluding carboxylic acids is 1. The van der Waals surface area contributed by atoms with Gasteiger partial charge in [-0.1, -0.05) is 0 Å². The standard InChI is InChI=1S/C19H16F2N4O2/c1-11-9-17(18(26)23-12-3-6-14(27-2)7-4-12)25-19(22-11)24-13-5-8-15(20)16(21)10-13/h3-10H,1-2H3,(H,23,26)(H,22,24,25). The van der Waals surface area contributed by atoms with Crippen molar-refractivity contribution in [3.8, 4) is 5.75 Å². The van der Waals surface area contributed by atoms with E-state index in [0.29, 0.717) is 17.1 Å². The Hall–Kier alpha value is -3.55. The van der Waals surface area contributed by atoms with Gasteiger partial charge in [-0.15, -0.1) is 0 Å². The third kappa shape index (κ3) is 4.55. The van der Waals surface area contributed by atoms with Gasteiger partial charge < -0.3 is 15.4 Å². The Labute approximate surface area is 154 Å². The van der Waals surface area contributed by atoms with Crippen LogP contribution in [-0.2, 0) is 0 Å². The van der Waals surface area contributed by atoms with E-state index in [1.54, 1.807) is 38.3 Å². The first kappa shape index (κ1) is 18.2. The molecule has 3 aromatic rings. The lowest BCUT2D eigenvalue weighted by Crippen LogP contribution is -2.15. The van der Waals surface area contributed by atoms with E-state index in [1.165, 1.54) is 12.1 Å². The Morgan fingerprint density at radius 1 is 0.963 bits per heavy atom. The zero-order chi connectivity index (χ0) is 19.4. The summed E-state index contributed by atoms with van der Waals surface area (Å²) in [6.07, 6.45) is 0. The van der Waals surface area contributed by atoms with Crippen molar-refractivity contribution in [3.05, 3.63) is 71.6 Å². The van der Waals surface area contributed by atoms with Crippen molar-refractivity contribution in [3.63, 3.8) is 0 Å². The summed E-state index contributed by atoms with van der Waals surface area (Å²) in [4.78, 5) is 20.7. The molecule has 0 aliphatic rings. The highest BCUT2D eigenvalue weighted by molar-refractivity contribution is 6.03. The Morgan fingerprint density at radius 3 is 2.33 bits per heavy atom. The van der Waals surface area contributed by atoms with Crippen LogP contribution >= 0.6 is 0 Å². The number of rotatable bonds is 5. The highest BCUT2D eigenvalue weighted by Crippen LogP contribution is 2.19. The fourth-order valence-electron chi connectivity index (χ4n) is 2.31. The maximum Gasteiger partial charge on any atom is 0.274 e. The number of halogens is 2. The molecule has 1 aromatic heterocycles. The van der Waals surface area contributed by atoms with Gasteiger partial charge in [0.1, 0.15) is 11.4 Å². The number of hydrogen-bond donors (Lipinski definition) is 2. The number of anilines is 3. The Kier molecular flexibility index (Phi) is 5.25. The molecule has 0 bridgehead atoms. The molecule has 0 radical (unpaired) electrons. The molecule has 0 fully saturated rings. The number of benzene rings is 2. The highest BCUT2D eigenvalue weighted by atomic mass is 19.2. The maximum absolute atomic E-state index is 13.3. The Balaban J connectivity index is 1.79. The van der Waals surface area contributed by atoms with E-state index >= 15 is 0 Å². The van der Waals surface area contributed by atoms with Crippen molar-refractivity contribution < 1.29 is 18.3 Å². The van der Waals surface area contributed by atoms with Crippen LogP contribution in [0.5, 0.6) is 5.75 Å². The van der Waals surface area contributed by atoms with Crippen LogP contribution < -0.4 is 15.4 Å². The van der Waals surface area contributed by atoms with Crippen LogP contribution in [0.3, 0.4) is 0 Å². The van der Waals surface area contributed by atoms with Gasteiger partial charge in [0.15, 0.2) is 11.6 Å². The van der Waals surface area contributed by atoms with Crippen molar-refractivity contribution >= 4 is 23.2 Å². The van der Waals surface area contributed by atoms with Crippen molar-refractivity contribution in [1.29, 1.82) is 0 Å². The monoisotopic (exact) mass is 370 g/mol. The fourth-order valence-corrected chi connectivity index (χ4v) is 2.31. The Morgan fingerprint density at radius 2 is 1.67 bits per heavy atom. The van der Waals surface area contributed by atoms with Crippen LogP contribution in [0.25, 0.3) is 0 Å². The van der Waals surface area contributed by atoms with E-state index in [2.05, 4.69) is 20.6 Å². The van der Waals surface area contributed by atoms with Gasteiger partial charge in [0.25, 0.3) is 5.91 Å². The van der Waals surface area contributed by atoms with Gasteiger partial charge in [-0.05, 0) is 49.4 Å². The molecule has 3 rings (SSSR count). The van der Waals surface area contributed by atoms with Crippen molar-refractivity contribution in [2.45, 2.75) is 6.92 Å². The summed E-state index contributed by atoms with van der Waals surface area (Å²) in [5.41, 5.74) is 1.51. The molecule has 8 heteroatoms. The predicted molar refractivity (Wildman–Crippen MR) is 97.4 cm³/mol. The molecule has 0 aliphatic heterocycles. The first-order valence-electron chi connectivity index (χ1n) is 7.98. The van der Waals surface area contributed by atoms with Gasteiger partial charge in [0.05, 0.1) is 7.11 Å². The minimum absolute atomic E-state index is 0.0980. The maximum atomic E-state index is 13.3. The lowest BCUT2D eigenvalue weighted by molar-refractivity contribution is 0.102. The molecule has 0 aliphatic carbocycles. The van der Waals surface area contributed by atoms with Crippen LogP contribution in [0.15, 0.2) is 48.5 Å². The molecule has 2 aromatic carbocycles. The highest BCUT2D eigenvalue weighted by Gasteiger charge is 2.12. The topological polar surface area (TPSA) is 76.1 Å². The van der Waals surface area contributed by atoms with Gasteiger partial charge in [0, 0.05) is 23.1 Å². The predicted octanol–water partition coefficient (Wildman–Crippen LogP) is 4.07. The third-order valence-electron chi connectivity index (χ3n) is 3.61. The number of aryl methyl sites for hydroxylation is 1. The van der Waals surface area contributed by atoms with E-state index in [4.69, 9.17) is 4.74 Å². The fraction of sp³-hybridized carbons (Fsp3) is 0.105. The second-order valence-electron chi connectivity index (χ2n) is 5.65. The Bertz CT molecular complexity index is 978. The van der Waals surface area contributed by atoms with Gasteiger partial charge in [-0.3, -0.25) is 4.79 Å². The summed E-state index contributed by atoms with van der Waals surface area (Å²) in [5.74, 6) is -1.61. The smallest absolute Gasteiger partial charge is 0.274 e. The van der Waals surface area contributed by atoms with Gasteiger partial charge in [0.2, 0.25) is 5.95 Å². The van der Waals surface area contributed by atoms with Gasteiger partial charge in [-0.25, -0.2) is 18.7 Å². The summed E-state index contributed by atoms with van der Waals surface area (Å²) in [6.45, 7) is 1.70. The number of hydrogen-bond acceptors (Lipinski definition) is 5. The van der Waals surface area contributed by atoms with Crippen LogP contribution in [0.2, 0.25) is 0 Å². The molecule has 2 N–H and O–H groups in total. The summed E-state index contributed by atoms with van der Waals surface area (Å²) in [7, 11) is 1.55. The summed E-state index contributed by atoms with van der Waals surface area (Å²) >= 11 is 0. The molecular formula is C19H16F2N4O2. The molecule has 138 valence electrons. The number of methoxy groups -OCH3 is 1. The average Bonchev–Trinajstić information content (AvgIpc) is 2.65. The number of amides is 1. The number of carbonyl (C=O) groups is 1. The van der Waals surface area contributed by atoms with Crippen molar-refractivity contribution in [2.24, 2.45) is 0 Å². The second-order valence-corrected chi connectivity index (χ2v) is 5.65. The number of aromatic nitrogens is 2. The van der Waals surface area contributed by atoms with E-state index in [-0.39, 0.29) is 17.3 Å².